The van der Waals surface area contributed by atoms with E-state index in [0.717, 1.165) is 70.2 Å². The van der Waals surface area contributed by atoms with Gasteiger partial charge in [-0.05, 0) is 104 Å². The van der Waals surface area contributed by atoms with Gasteiger partial charge in [0.25, 0.3) is 0 Å². The average molecular weight is 667 g/mol. The SMILES string of the molecule is CC(C)(C)OC(=O)N1CCC[C@H]1c1ncc(-c2ccc(C#CC#Cc3cnc([C@@H]4CCCN4C(=O)O)[nH]3)c(-c3ccc4ccccc4c3)c2)[nH]1. The van der Waals surface area contributed by atoms with Crippen molar-refractivity contribution in [1.29, 1.82) is 0 Å². The molecular formula is C40H38N6O4. The van der Waals surface area contributed by atoms with Crippen LogP contribution in [-0.2, 0) is 4.74 Å². The lowest BCUT2D eigenvalue weighted by Crippen LogP contribution is -2.36. The molecule has 2 aliphatic rings. The van der Waals surface area contributed by atoms with Gasteiger partial charge in [0.15, 0.2) is 0 Å². The van der Waals surface area contributed by atoms with Gasteiger partial charge in [-0.3, -0.25) is 9.80 Å². The minimum absolute atomic E-state index is 0.178. The fourth-order valence-corrected chi connectivity index (χ4v) is 6.71. The van der Waals surface area contributed by atoms with E-state index in [4.69, 9.17) is 9.72 Å². The van der Waals surface area contributed by atoms with Crippen LogP contribution in [0.5, 0.6) is 0 Å². The minimum atomic E-state index is -0.942. The first-order valence-corrected chi connectivity index (χ1v) is 16.9. The first kappa shape index (κ1) is 32.5. The van der Waals surface area contributed by atoms with E-state index in [9.17, 15) is 14.7 Å². The highest BCUT2D eigenvalue weighted by Gasteiger charge is 2.35. The summed E-state index contributed by atoms with van der Waals surface area (Å²) in [6.07, 6.45) is 5.39. The number of hydrogen-bond acceptors (Lipinski definition) is 5. The van der Waals surface area contributed by atoms with E-state index in [1.54, 1.807) is 11.1 Å². The maximum absolute atomic E-state index is 12.9. The third kappa shape index (κ3) is 6.92. The number of aromatic nitrogens is 4. The fraction of sp³-hybridized carbons (Fsp3) is 0.300. The number of nitrogens with one attached hydrogen (secondary N) is 2. The van der Waals surface area contributed by atoms with Gasteiger partial charge in [-0.1, -0.05) is 48.4 Å². The average Bonchev–Trinajstić information content (AvgIpc) is 3.92. The number of nitrogens with zero attached hydrogens (tertiary/aromatic N) is 4. The van der Waals surface area contributed by atoms with Crippen molar-refractivity contribution in [2.75, 3.05) is 13.1 Å². The molecule has 50 heavy (non-hydrogen) atoms. The van der Waals surface area contributed by atoms with Crippen molar-refractivity contribution in [1.82, 2.24) is 29.7 Å². The number of carbonyl (C=O) groups is 2. The molecule has 3 aromatic carbocycles. The number of hydrogen-bond donors (Lipinski definition) is 3. The molecule has 3 N–H and O–H groups in total. The van der Waals surface area contributed by atoms with Gasteiger partial charge in [0, 0.05) is 24.2 Å². The summed E-state index contributed by atoms with van der Waals surface area (Å²) in [5.74, 6) is 13.5. The molecular weight excluding hydrogens is 628 g/mol. The van der Waals surface area contributed by atoms with Crippen LogP contribution in [0.1, 0.15) is 81.4 Å². The second-order valence-corrected chi connectivity index (χ2v) is 13.7. The summed E-state index contributed by atoms with van der Waals surface area (Å²) >= 11 is 0. The molecule has 0 radical (unpaired) electrons. The van der Waals surface area contributed by atoms with Gasteiger partial charge in [-0.25, -0.2) is 19.6 Å². The third-order valence-corrected chi connectivity index (χ3v) is 9.05. The number of fused-ring (bicyclic) bond motifs is 1. The van der Waals surface area contributed by atoms with Gasteiger partial charge in [-0.15, -0.1) is 0 Å². The molecule has 5 aromatic rings. The molecule has 7 rings (SSSR count). The number of imidazole rings is 2. The Labute approximate surface area is 290 Å². The number of likely N-dealkylation sites (tertiary alicyclic amines) is 2. The molecule has 10 heteroatoms. The molecule has 0 bridgehead atoms. The highest BCUT2D eigenvalue weighted by atomic mass is 16.6. The second-order valence-electron chi connectivity index (χ2n) is 13.7. The van der Waals surface area contributed by atoms with Crippen molar-refractivity contribution < 1.29 is 19.4 Å². The van der Waals surface area contributed by atoms with Gasteiger partial charge in [0.2, 0.25) is 0 Å². The lowest BCUT2D eigenvalue weighted by Gasteiger charge is -2.27. The smallest absolute Gasteiger partial charge is 0.410 e. The molecule has 0 spiro atoms. The molecule has 10 nitrogen and oxygen atoms in total. The highest BCUT2D eigenvalue weighted by Crippen LogP contribution is 2.35. The Morgan fingerprint density at radius 2 is 1.50 bits per heavy atom. The van der Waals surface area contributed by atoms with Crippen molar-refractivity contribution in [3.8, 4) is 46.1 Å². The van der Waals surface area contributed by atoms with Crippen LogP contribution in [0.2, 0.25) is 0 Å². The van der Waals surface area contributed by atoms with Gasteiger partial charge in [-0.2, -0.15) is 0 Å². The van der Waals surface area contributed by atoms with Crippen molar-refractivity contribution in [3.05, 3.63) is 96.0 Å². The van der Waals surface area contributed by atoms with Crippen molar-refractivity contribution in [3.63, 3.8) is 0 Å². The summed E-state index contributed by atoms with van der Waals surface area (Å²) in [5, 5.41) is 11.8. The highest BCUT2D eigenvalue weighted by molar-refractivity contribution is 5.89. The van der Waals surface area contributed by atoms with Crippen molar-refractivity contribution in [2.24, 2.45) is 0 Å². The Bertz CT molecular complexity index is 2210. The topological polar surface area (TPSA) is 127 Å². The Morgan fingerprint density at radius 1 is 0.820 bits per heavy atom. The van der Waals surface area contributed by atoms with E-state index < -0.39 is 11.7 Å². The van der Waals surface area contributed by atoms with Crippen molar-refractivity contribution in [2.45, 2.75) is 64.1 Å². The lowest BCUT2D eigenvalue weighted by molar-refractivity contribution is 0.0218. The summed E-state index contributed by atoms with van der Waals surface area (Å²) in [6, 6.07) is 20.3. The molecule has 4 heterocycles. The lowest BCUT2D eigenvalue weighted by atomic mass is 9.95. The van der Waals surface area contributed by atoms with E-state index in [2.05, 4.69) is 75.0 Å². The van der Waals surface area contributed by atoms with Gasteiger partial charge < -0.3 is 19.8 Å². The second kappa shape index (κ2) is 13.5. The number of carboxylic acid groups (broad SMARTS) is 1. The van der Waals surface area contributed by atoms with Crippen LogP contribution in [0.3, 0.4) is 0 Å². The van der Waals surface area contributed by atoms with Crippen LogP contribution in [-0.4, -0.2) is 65.7 Å². The summed E-state index contributed by atoms with van der Waals surface area (Å²) in [6.45, 7) is 6.75. The molecule has 0 aliphatic carbocycles. The van der Waals surface area contributed by atoms with Crippen LogP contribution in [0, 0.1) is 23.7 Å². The monoisotopic (exact) mass is 666 g/mol. The molecule has 2 saturated heterocycles. The van der Waals surface area contributed by atoms with Crippen LogP contribution >= 0.6 is 0 Å². The first-order chi connectivity index (χ1) is 24.1. The third-order valence-electron chi connectivity index (χ3n) is 9.05. The standard InChI is InChI=1S/C40H38N6O4/c1-40(2,3)50-39(49)46-21-9-15-35(46)37-42-25-33(44-37)30-19-17-27(32(23-30)29-18-16-26-10-4-5-12-28(26)22-29)11-6-7-13-31-24-41-36(43-31)34-14-8-20-45(34)38(47)48/h4-5,10,12,16-19,22-25,34-35H,8-9,14-15,20-21H2,1-3H3,(H,41,43)(H,42,44)(H,47,48)/t34-,35-/m0/s1. The largest absolute Gasteiger partial charge is 0.465 e. The Kier molecular flexibility index (Phi) is 8.78. The van der Waals surface area contributed by atoms with Gasteiger partial charge in [0.1, 0.15) is 22.9 Å². The van der Waals surface area contributed by atoms with Crippen LogP contribution in [0.4, 0.5) is 9.59 Å². The first-order valence-electron chi connectivity index (χ1n) is 16.9. The number of amides is 2. The van der Waals surface area contributed by atoms with Gasteiger partial charge in [0.05, 0.1) is 30.2 Å². The number of carbonyl (C=O) groups excluding carboxylic acids is 1. The summed E-state index contributed by atoms with van der Waals surface area (Å²) in [7, 11) is 0. The maximum Gasteiger partial charge on any atom is 0.410 e. The van der Waals surface area contributed by atoms with E-state index in [0.29, 0.717) is 24.6 Å². The molecule has 2 aromatic heterocycles. The van der Waals surface area contributed by atoms with Gasteiger partial charge >= 0.3 is 12.2 Å². The zero-order valence-corrected chi connectivity index (χ0v) is 28.3. The normalized spacial score (nSPS) is 17.3. The van der Waals surface area contributed by atoms with E-state index in [-0.39, 0.29) is 18.2 Å². The van der Waals surface area contributed by atoms with E-state index in [1.165, 1.54) is 4.90 Å². The molecule has 2 amide bonds. The molecule has 0 unspecified atom stereocenters. The predicted molar refractivity (Wildman–Crippen MR) is 191 cm³/mol. The minimum Gasteiger partial charge on any atom is -0.465 e. The fourth-order valence-electron chi connectivity index (χ4n) is 6.71. The van der Waals surface area contributed by atoms with Crippen molar-refractivity contribution >= 4 is 23.0 Å². The summed E-state index contributed by atoms with van der Waals surface area (Å²) in [4.78, 5) is 43.4. The molecule has 2 fully saturated rings. The summed E-state index contributed by atoms with van der Waals surface area (Å²) < 4.78 is 5.67. The Balaban J connectivity index is 1.18. The Morgan fingerprint density at radius 3 is 2.28 bits per heavy atom. The number of benzene rings is 3. The molecule has 2 atom stereocenters. The zero-order chi connectivity index (χ0) is 34.8. The molecule has 252 valence electrons. The number of aromatic amines is 2. The number of H-pyrrole nitrogens is 2. The van der Waals surface area contributed by atoms with E-state index in [1.807, 2.05) is 51.2 Å². The maximum atomic E-state index is 12.9. The van der Waals surface area contributed by atoms with E-state index >= 15 is 0 Å². The van der Waals surface area contributed by atoms with Crippen LogP contribution < -0.4 is 0 Å². The van der Waals surface area contributed by atoms with Crippen LogP contribution in [0.15, 0.2) is 73.1 Å². The Hall–Kier alpha value is -6.00. The zero-order valence-electron chi connectivity index (χ0n) is 28.3. The molecule has 0 saturated carbocycles. The number of rotatable bonds is 4. The molecule has 2 aliphatic heterocycles. The quantitative estimate of drug-likeness (QED) is 0.167. The predicted octanol–water partition coefficient (Wildman–Crippen LogP) is 7.91. The van der Waals surface area contributed by atoms with Crippen LogP contribution in [0.25, 0.3) is 33.2 Å². The number of ether oxygens (including phenoxy) is 1. The summed E-state index contributed by atoms with van der Waals surface area (Å²) in [5.41, 5.74) is 4.59.